The smallest absolute Gasteiger partial charge is 0.326 e. The Morgan fingerprint density at radius 2 is 1.18 bits per heavy atom. The summed E-state index contributed by atoms with van der Waals surface area (Å²) in [6, 6.07) is 1.56. The van der Waals surface area contributed by atoms with Gasteiger partial charge in [-0.2, -0.15) is 11.8 Å². The summed E-state index contributed by atoms with van der Waals surface area (Å²) >= 11 is 1.41. The Bertz CT molecular complexity index is 2920. The van der Waals surface area contributed by atoms with Crippen molar-refractivity contribution in [2.45, 2.75) is 183 Å². The lowest BCUT2D eigenvalue weighted by Gasteiger charge is -2.32. The predicted molar refractivity (Wildman–Crippen MR) is 341 cm³/mol. The first-order valence-corrected chi connectivity index (χ1v) is 32.5. The number of carboxylic acids is 1. The number of phenolic OH excluding ortho intramolecular Hbond substituents is 1. The van der Waals surface area contributed by atoms with Gasteiger partial charge in [0, 0.05) is 49.6 Å². The molecule has 0 spiro atoms. The number of aromatic nitrogens is 1. The highest BCUT2D eigenvalue weighted by Crippen LogP contribution is 2.24. The number of likely N-dealkylation sites (tertiary alicyclic amines) is 2. The second-order valence-corrected chi connectivity index (χ2v) is 24.0. The minimum absolute atomic E-state index is 0.0531. The standard InChI is InChI=1S/C61H94N16O12S/c1-4-14-43(52(80)74-48(34-38-35-68-42-17-6-5-15-40(38)42)55(83)71-44(26-32-90-3)53(81)73-46(60(88)89)19-8-10-28-63)70-51(79)36(2)69-54(82)47(33-37-22-24-39(78)25-23-37)75-57(85)50-21-13-31-77(50)59(87)45(18-7-9-27-62)72-56(84)49-20-12-30-76(49)58(86)41(64)16-11-29-67-61(65)66/h5-6,15,17,22-25,35-36,41,43-50,68,78H,4,7-14,16,18-21,26-34,62-64H2,1-3H3,(H,69,82)(H,70,79)(H,71,83)(H,72,84)(H,73,81)(H,74,80)(H,75,85)(H,88,89)(H4,65,66,67)/t36-,41-,43-,44-,45-,46-,47-,48-,49-,50-/m0/s1. The van der Waals surface area contributed by atoms with Crippen LogP contribution in [0.4, 0.5) is 0 Å². The van der Waals surface area contributed by atoms with E-state index in [1.165, 1.54) is 40.6 Å². The van der Waals surface area contributed by atoms with Crippen LogP contribution in [-0.4, -0.2) is 195 Å². The van der Waals surface area contributed by atoms with Crippen LogP contribution in [0.2, 0.25) is 0 Å². The van der Waals surface area contributed by atoms with Gasteiger partial charge in [0.2, 0.25) is 53.2 Å². The van der Waals surface area contributed by atoms with Crippen molar-refractivity contribution in [1.29, 1.82) is 5.41 Å². The number of aromatic amines is 1. The first-order chi connectivity index (χ1) is 43.1. The number of H-pyrrole nitrogens is 1. The number of unbranched alkanes of at least 4 members (excludes halogenated alkanes) is 2. The van der Waals surface area contributed by atoms with Crippen LogP contribution < -0.4 is 65.5 Å². The molecule has 2 fully saturated rings. The minimum atomic E-state index is -1.36. The molecular weight excluding hydrogens is 1180 g/mol. The third-order valence-corrected chi connectivity index (χ3v) is 16.7. The number of nitrogens with zero attached hydrogens (tertiary/aromatic N) is 2. The van der Waals surface area contributed by atoms with E-state index in [2.05, 4.69) is 47.5 Å². The van der Waals surface area contributed by atoms with Gasteiger partial charge < -0.3 is 90.5 Å². The van der Waals surface area contributed by atoms with Crippen molar-refractivity contribution in [3.8, 4) is 5.75 Å². The van der Waals surface area contributed by atoms with Crippen molar-refractivity contribution in [2.75, 3.05) is 44.7 Å². The SMILES string of the molecule is CCC[C@H](NC(=O)[C@H](C)NC(=O)[C@H](Cc1ccc(O)cc1)NC(=O)[C@@H]1CCCN1C(=O)[C@H](CCCCN)NC(=O)[C@@H]1CCCN1C(=O)[C@@H](N)CCCNC(=N)N)C(=O)N[C@@H](Cc1c[nH]c2ccccc12)C(=O)N[C@@H](CCSC)C(=O)N[C@@H](CCCCN)C(=O)O. The normalized spacial score (nSPS) is 17.3. The van der Waals surface area contributed by atoms with Crippen molar-refractivity contribution in [3.63, 3.8) is 0 Å². The third-order valence-electron chi connectivity index (χ3n) is 16.1. The summed E-state index contributed by atoms with van der Waals surface area (Å²) in [7, 11) is 0. The fraction of sp³-hybridized carbons (Fsp3) is 0.590. The Hall–Kier alpha value is -8.02. The van der Waals surface area contributed by atoms with Gasteiger partial charge >= 0.3 is 5.97 Å². The van der Waals surface area contributed by atoms with Gasteiger partial charge in [-0.1, -0.05) is 43.7 Å². The number of rotatable bonds is 38. The van der Waals surface area contributed by atoms with E-state index in [-0.39, 0.29) is 76.2 Å². The van der Waals surface area contributed by atoms with Crippen molar-refractivity contribution < 1.29 is 58.2 Å². The summed E-state index contributed by atoms with van der Waals surface area (Å²) in [6.07, 6.45) is 8.39. The average molecular weight is 1280 g/mol. The second kappa shape index (κ2) is 37.2. The molecule has 496 valence electrons. The zero-order valence-electron chi connectivity index (χ0n) is 51.8. The van der Waals surface area contributed by atoms with Crippen LogP contribution in [0.5, 0.6) is 5.75 Å². The zero-order valence-corrected chi connectivity index (χ0v) is 52.6. The van der Waals surface area contributed by atoms with Gasteiger partial charge in [0.15, 0.2) is 5.96 Å². The van der Waals surface area contributed by atoms with E-state index in [1.807, 2.05) is 30.5 Å². The van der Waals surface area contributed by atoms with Gasteiger partial charge in [0.1, 0.15) is 60.1 Å². The van der Waals surface area contributed by atoms with E-state index < -0.39 is 120 Å². The Morgan fingerprint density at radius 1 is 0.644 bits per heavy atom. The molecule has 0 aliphatic carbocycles. The first kappa shape index (κ1) is 72.7. The number of carbonyl (C=O) groups excluding carboxylic acids is 9. The summed E-state index contributed by atoms with van der Waals surface area (Å²) < 4.78 is 0. The number of fused-ring (bicyclic) bond motifs is 1. The lowest BCUT2D eigenvalue weighted by Crippen LogP contribution is -2.60. The maximum Gasteiger partial charge on any atom is 0.326 e. The first-order valence-electron chi connectivity index (χ1n) is 31.1. The molecule has 3 aromatic rings. The number of aromatic hydroxyl groups is 1. The molecule has 0 bridgehead atoms. The average Bonchev–Trinajstić information content (AvgIpc) is 1.72. The molecule has 2 aliphatic heterocycles. The number of guanidine groups is 1. The zero-order chi connectivity index (χ0) is 65.9. The lowest BCUT2D eigenvalue weighted by molar-refractivity contribution is -0.144. The van der Waals surface area contributed by atoms with E-state index in [0.717, 1.165) is 10.9 Å². The van der Waals surface area contributed by atoms with Crippen LogP contribution in [0.15, 0.2) is 54.7 Å². The maximum absolute atomic E-state index is 14.6. The van der Waals surface area contributed by atoms with E-state index in [0.29, 0.717) is 94.3 Å². The topological polar surface area (TPSA) is 458 Å². The summed E-state index contributed by atoms with van der Waals surface area (Å²) in [5.41, 5.74) is 25.0. The van der Waals surface area contributed by atoms with Gasteiger partial charge in [-0.15, -0.1) is 0 Å². The Balaban J connectivity index is 1.31. The number of hydrogen-bond acceptors (Lipinski definition) is 16. The van der Waals surface area contributed by atoms with E-state index in [9.17, 15) is 58.2 Å². The molecule has 20 N–H and O–H groups in total. The fourth-order valence-corrected chi connectivity index (χ4v) is 11.6. The molecule has 0 saturated carbocycles. The number of benzene rings is 2. The summed E-state index contributed by atoms with van der Waals surface area (Å²) in [6.45, 7) is 4.60. The van der Waals surface area contributed by atoms with Crippen molar-refractivity contribution in [2.24, 2.45) is 22.9 Å². The summed E-state index contributed by atoms with van der Waals surface area (Å²) in [5.74, 6) is -7.10. The lowest BCUT2D eigenvalue weighted by atomic mass is 10.0. The van der Waals surface area contributed by atoms with Gasteiger partial charge in [-0.25, -0.2) is 4.79 Å². The second-order valence-electron chi connectivity index (χ2n) is 23.0. The number of phenols is 1. The van der Waals surface area contributed by atoms with Crippen LogP contribution in [0.3, 0.4) is 0 Å². The highest BCUT2D eigenvalue weighted by atomic mass is 32.2. The number of carbonyl (C=O) groups is 10. The molecule has 9 amide bonds. The molecule has 10 atom stereocenters. The Morgan fingerprint density at radius 3 is 1.78 bits per heavy atom. The number of para-hydroxylation sites is 1. The molecule has 3 heterocycles. The van der Waals surface area contributed by atoms with Gasteiger partial charge in [-0.05, 0) is 151 Å². The molecule has 28 nitrogen and oxygen atoms in total. The molecule has 90 heavy (non-hydrogen) atoms. The quantitative estimate of drug-likeness (QED) is 0.0196. The number of amides is 9. The molecule has 2 aliphatic rings. The fourth-order valence-electron chi connectivity index (χ4n) is 11.1. The summed E-state index contributed by atoms with van der Waals surface area (Å²) in [4.78, 5) is 146. The van der Waals surface area contributed by atoms with Crippen molar-refractivity contribution in [1.82, 2.24) is 57.3 Å². The van der Waals surface area contributed by atoms with Crippen LogP contribution in [0.25, 0.3) is 10.9 Å². The Kier molecular flexibility index (Phi) is 30.1. The molecule has 0 radical (unpaired) electrons. The molecule has 1 aromatic heterocycles. The van der Waals surface area contributed by atoms with Crippen LogP contribution >= 0.6 is 11.8 Å². The monoisotopic (exact) mass is 1270 g/mol. The highest BCUT2D eigenvalue weighted by Gasteiger charge is 2.42. The number of carboxylic acid groups (broad SMARTS) is 1. The van der Waals surface area contributed by atoms with E-state index >= 15 is 0 Å². The number of thioether (sulfide) groups is 1. The van der Waals surface area contributed by atoms with Crippen LogP contribution in [0, 0.1) is 5.41 Å². The van der Waals surface area contributed by atoms with Crippen LogP contribution in [-0.2, 0) is 60.8 Å². The maximum atomic E-state index is 14.6. The highest BCUT2D eigenvalue weighted by molar-refractivity contribution is 7.98. The number of hydrogen-bond donors (Lipinski definition) is 16. The van der Waals surface area contributed by atoms with Crippen LogP contribution in [0.1, 0.15) is 121 Å². The largest absolute Gasteiger partial charge is 0.508 e. The minimum Gasteiger partial charge on any atom is -0.508 e. The molecular formula is C61H94N16O12S. The van der Waals surface area contributed by atoms with Gasteiger partial charge in [-0.3, -0.25) is 48.6 Å². The van der Waals surface area contributed by atoms with Crippen molar-refractivity contribution >= 4 is 87.8 Å². The molecule has 29 heteroatoms. The van der Waals surface area contributed by atoms with E-state index in [4.69, 9.17) is 28.3 Å². The van der Waals surface area contributed by atoms with E-state index in [1.54, 1.807) is 25.3 Å². The number of aliphatic carboxylic acids is 1. The summed E-state index contributed by atoms with van der Waals surface area (Å²) in [5, 5.41) is 49.9. The van der Waals surface area contributed by atoms with Crippen molar-refractivity contribution in [3.05, 3.63) is 65.9 Å². The molecule has 2 aromatic carbocycles. The number of nitrogens with two attached hydrogens (primary N) is 4. The predicted octanol–water partition coefficient (Wildman–Crippen LogP) is -0.459. The molecule has 2 saturated heterocycles. The third kappa shape index (κ3) is 22.2. The molecule has 5 rings (SSSR count). The van der Waals surface area contributed by atoms with Gasteiger partial charge in [0.05, 0.1) is 6.04 Å². The van der Waals surface area contributed by atoms with Gasteiger partial charge in [0.25, 0.3) is 0 Å². The number of nitrogens with one attached hydrogen (secondary N) is 10. The Labute approximate surface area is 529 Å². The molecule has 0 unspecified atom stereocenters.